The molecule has 1 nitrogen and oxygen atoms in total. The van der Waals surface area contributed by atoms with E-state index < -0.39 is 32.7 Å². The van der Waals surface area contributed by atoms with E-state index >= 15 is 0 Å². The zero-order valence-electron chi connectivity index (χ0n) is 12.4. The Morgan fingerprint density at radius 3 is 2.35 bits per heavy atom. The monoisotopic (exact) mass is 436 g/mol. The van der Waals surface area contributed by atoms with Crippen molar-refractivity contribution in [3.05, 3.63) is 65.7 Å². The van der Waals surface area contributed by atoms with Crippen molar-refractivity contribution in [3.8, 4) is 0 Å². The van der Waals surface area contributed by atoms with Crippen LogP contribution in [0.4, 0.5) is 13.2 Å². The molecule has 1 saturated heterocycles. The zero-order chi connectivity index (χ0) is 16.3. The molecule has 0 saturated carbocycles. The van der Waals surface area contributed by atoms with E-state index in [2.05, 4.69) is 12.1 Å². The van der Waals surface area contributed by atoms with Gasteiger partial charge in [-0.05, 0) is 0 Å². The van der Waals surface area contributed by atoms with E-state index in [-0.39, 0.29) is 6.10 Å². The van der Waals surface area contributed by atoms with Crippen molar-refractivity contribution >= 4 is 24.5 Å². The molecule has 1 aliphatic rings. The normalized spacial score (nSPS) is 21.5. The van der Waals surface area contributed by atoms with Gasteiger partial charge in [0.15, 0.2) is 0 Å². The Labute approximate surface area is 143 Å². The second-order valence-electron chi connectivity index (χ2n) is 5.67. The van der Waals surface area contributed by atoms with E-state index in [0.29, 0.717) is 5.92 Å². The summed E-state index contributed by atoms with van der Waals surface area (Å²) in [6.07, 6.45) is -3.07. The van der Waals surface area contributed by atoms with Crippen molar-refractivity contribution in [1.82, 2.24) is 0 Å². The summed E-state index contributed by atoms with van der Waals surface area (Å²) in [6, 6.07) is 15.8. The van der Waals surface area contributed by atoms with E-state index in [1.807, 2.05) is 18.2 Å². The Balaban J connectivity index is 1.52. The summed E-state index contributed by atoms with van der Waals surface area (Å²) in [5.41, 5.74) is 0.646. The summed E-state index contributed by atoms with van der Waals surface area (Å²) in [5, 5.41) is 0. The first-order valence-electron chi connectivity index (χ1n) is 7.49. The predicted octanol–water partition coefficient (Wildman–Crippen LogP) is 4.23. The van der Waals surface area contributed by atoms with E-state index in [4.69, 9.17) is 4.74 Å². The maximum atomic E-state index is 12.5. The van der Waals surface area contributed by atoms with Crippen molar-refractivity contribution in [2.45, 2.75) is 23.2 Å². The van der Waals surface area contributed by atoms with Gasteiger partial charge < -0.3 is 0 Å². The van der Waals surface area contributed by atoms with Gasteiger partial charge in [0, 0.05) is 0 Å². The molecule has 2 unspecified atom stereocenters. The first kappa shape index (κ1) is 16.8. The van der Waals surface area contributed by atoms with Gasteiger partial charge in [-0.15, -0.1) is 0 Å². The van der Waals surface area contributed by atoms with Crippen LogP contribution in [-0.4, -0.2) is 27.5 Å². The van der Waals surface area contributed by atoms with Crippen LogP contribution in [0.3, 0.4) is 0 Å². The summed E-state index contributed by atoms with van der Waals surface area (Å²) < 4.78 is 45.7. The fourth-order valence-electron chi connectivity index (χ4n) is 2.66. The second kappa shape index (κ2) is 7.25. The fourth-order valence-corrected chi connectivity index (χ4v) is 5.48. The molecule has 2 atom stereocenters. The van der Waals surface area contributed by atoms with Gasteiger partial charge in [-0.3, -0.25) is 0 Å². The number of alkyl halides is 3. The van der Waals surface area contributed by atoms with E-state index in [1.54, 1.807) is 12.1 Å². The molecule has 1 aliphatic heterocycles. The van der Waals surface area contributed by atoms with E-state index in [9.17, 15) is 13.2 Å². The Morgan fingerprint density at radius 2 is 1.70 bits per heavy atom. The van der Waals surface area contributed by atoms with Crippen LogP contribution in [0.1, 0.15) is 23.7 Å². The van der Waals surface area contributed by atoms with Gasteiger partial charge in [-0.1, -0.05) is 0 Å². The minimum absolute atomic E-state index is 0.168. The van der Waals surface area contributed by atoms with Crippen LogP contribution in [0.15, 0.2) is 54.6 Å². The quantitative estimate of drug-likeness (QED) is 0.656. The molecule has 0 spiro atoms. The molecule has 1 fully saturated rings. The molecule has 0 N–H and O–H groups in total. The molecule has 122 valence electrons. The minimum atomic E-state index is -4.25. The SMILES string of the molecule is FC(F)(F)c1ccc([Te]CC2COC(c3ccccc3)C2)cc1. The van der Waals surface area contributed by atoms with Crippen LogP contribution >= 0.6 is 0 Å². The predicted molar refractivity (Wildman–Crippen MR) is 84.9 cm³/mol. The van der Waals surface area contributed by atoms with Crippen molar-refractivity contribution in [3.63, 3.8) is 0 Å². The summed E-state index contributed by atoms with van der Waals surface area (Å²) in [6.45, 7) is 0.755. The average molecular weight is 434 g/mol. The average Bonchev–Trinajstić information content (AvgIpc) is 3.02. The van der Waals surface area contributed by atoms with Gasteiger partial charge in [0.25, 0.3) is 0 Å². The molecule has 1 heterocycles. The van der Waals surface area contributed by atoms with Gasteiger partial charge in [0.2, 0.25) is 0 Å². The third-order valence-electron chi connectivity index (χ3n) is 3.92. The summed E-state index contributed by atoms with van der Waals surface area (Å²) in [4.78, 5) is 0. The van der Waals surface area contributed by atoms with Crippen LogP contribution in [0.5, 0.6) is 0 Å². The number of rotatable bonds is 4. The fraction of sp³-hybridized carbons (Fsp3) is 0.333. The topological polar surface area (TPSA) is 9.23 Å². The Bertz CT molecular complexity index is 625. The maximum absolute atomic E-state index is 12.5. The van der Waals surface area contributed by atoms with Gasteiger partial charge in [0.1, 0.15) is 0 Å². The van der Waals surface area contributed by atoms with Crippen molar-refractivity contribution in [1.29, 1.82) is 0 Å². The first-order valence-corrected chi connectivity index (χ1v) is 10.3. The van der Waals surface area contributed by atoms with Gasteiger partial charge in [-0.25, -0.2) is 0 Å². The van der Waals surface area contributed by atoms with E-state index in [1.165, 1.54) is 17.7 Å². The molecular weight excluding hydrogens is 417 g/mol. The van der Waals surface area contributed by atoms with Crippen molar-refractivity contribution < 1.29 is 17.9 Å². The molecular formula is C18H17F3OTe. The van der Waals surface area contributed by atoms with Gasteiger partial charge >= 0.3 is 144 Å². The molecule has 2 aromatic rings. The third-order valence-corrected chi connectivity index (χ3v) is 7.47. The van der Waals surface area contributed by atoms with Crippen LogP contribution in [0.2, 0.25) is 4.47 Å². The molecule has 0 aromatic heterocycles. The molecule has 2 aromatic carbocycles. The van der Waals surface area contributed by atoms with Gasteiger partial charge in [-0.2, -0.15) is 0 Å². The number of hydrogen-bond donors (Lipinski definition) is 0. The number of ether oxygens (including phenoxy) is 1. The molecule has 5 heteroatoms. The number of hydrogen-bond acceptors (Lipinski definition) is 1. The summed E-state index contributed by atoms with van der Waals surface area (Å²) in [7, 11) is 0. The third kappa shape index (κ3) is 4.50. The van der Waals surface area contributed by atoms with Crippen LogP contribution in [0, 0.1) is 5.92 Å². The number of benzene rings is 2. The second-order valence-corrected chi connectivity index (χ2v) is 8.79. The molecule has 0 bridgehead atoms. The molecule has 0 radical (unpaired) electrons. The van der Waals surface area contributed by atoms with Crippen LogP contribution in [0.25, 0.3) is 0 Å². The standard InChI is InChI=1S/C18H17F3OTe/c19-18(20,21)15-6-8-16(9-7-15)23-12-13-10-17(22-11-13)14-4-2-1-3-5-14/h1-9,13,17H,10-12H2. The van der Waals surface area contributed by atoms with E-state index in [0.717, 1.165) is 21.1 Å². The Kier molecular flexibility index (Phi) is 5.31. The van der Waals surface area contributed by atoms with Crippen LogP contribution < -0.4 is 3.61 Å². The molecule has 23 heavy (non-hydrogen) atoms. The summed E-state index contributed by atoms with van der Waals surface area (Å²) in [5.74, 6) is 0.518. The zero-order valence-corrected chi connectivity index (χ0v) is 14.8. The molecule has 0 amide bonds. The Hall–Kier alpha value is -1.02. The van der Waals surface area contributed by atoms with Crippen molar-refractivity contribution in [2.75, 3.05) is 6.61 Å². The van der Waals surface area contributed by atoms with Crippen LogP contribution in [-0.2, 0) is 10.9 Å². The Morgan fingerprint density at radius 1 is 1.00 bits per heavy atom. The molecule has 0 aliphatic carbocycles. The summed E-state index contributed by atoms with van der Waals surface area (Å²) >= 11 is -0.465. The first-order chi connectivity index (χ1) is 11.0. The van der Waals surface area contributed by atoms with Crippen molar-refractivity contribution in [2.24, 2.45) is 5.92 Å². The van der Waals surface area contributed by atoms with Gasteiger partial charge in [0.05, 0.1) is 0 Å². The molecule has 3 rings (SSSR count). The number of halogens is 3.